The van der Waals surface area contributed by atoms with Crippen LogP contribution in [0.15, 0.2) is 45.1 Å². The zero-order valence-corrected chi connectivity index (χ0v) is 12.6. The summed E-state index contributed by atoms with van der Waals surface area (Å²) >= 11 is 0. The van der Waals surface area contributed by atoms with Gasteiger partial charge in [-0.25, -0.2) is 9.59 Å². The molecule has 0 fully saturated rings. The van der Waals surface area contributed by atoms with E-state index in [1.165, 1.54) is 6.07 Å². The first-order valence-electron chi connectivity index (χ1n) is 7.08. The predicted octanol–water partition coefficient (Wildman–Crippen LogP) is 3.12. The Balaban J connectivity index is 2.11. The summed E-state index contributed by atoms with van der Waals surface area (Å²) in [7, 11) is 0. The maximum absolute atomic E-state index is 12.1. The average Bonchev–Trinajstić information content (AvgIpc) is 2.82. The number of rotatable bonds is 2. The van der Waals surface area contributed by atoms with Gasteiger partial charge in [-0.3, -0.25) is 0 Å². The molecule has 1 aromatic carbocycles. The van der Waals surface area contributed by atoms with Crippen LogP contribution in [0.4, 0.5) is 0 Å². The molecule has 0 N–H and O–H groups in total. The van der Waals surface area contributed by atoms with Crippen LogP contribution in [0.2, 0.25) is 0 Å². The van der Waals surface area contributed by atoms with Gasteiger partial charge in [-0.05, 0) is 39.0 Å². The molecule has 1 aromatic heterocycles. The van der Waals surface area contributed by atoms with Crippen molar-refractivity contribution in [1.29, 1.82) is 0 Å². The van der Waals surface area contributed by atoms with Gasteiger partial charge < -0.3 is 13.9 Å². The number of hydrogen-bond donors (Lipinski definition) is 0. The van der Waals surface area contributed by atoms with E-state index in [-0.39, 0.29) is 6.10 Å². The number of allylic oxidation sites excluding steroid dienone is 1. The summed E-state index contributed by atoms with van der Waals surface area (Å²) in [4.78, 5) is 23.6. The third-order valence-electron chi connectivity index (χ3n) is 3.80. The molecule has 114 valence electrons. The average molecular weight is 300 g/mol. The smallest absolute Gasteiger partial charge is 0.336 e. The molecule has 5 nitrogen and oxygen atoms in total. The molecule has 1 aliphatic rings. The van der Waals surface area contributed by atoms with Crippen LogP contribution in [-0.2, 0) is 9.53 Å². The lowest BCUT2D eigenvalue weighted by Gasteiger charge is -2.16. The maximum Gasteiger partial charge on any atom is 0.336 e. The van der Waals surface area contributed by atoms with Crippen molar-refractivity contribution in [2.24, 2.45) is 0 Å². The Labute approximate surface area is 127 Å². The van der Waals surface area contributed by atoms with E-state index in [2.05, 4.69) is 0 Å². The molecule has 0 saturated heterocycles. The molecule has 0 aliphatic carbocycles. The van der Waals surface area contributed by atoms with Crippen LogP contribution in [0.3, 0.4) is 0 Å². The summed E-state index contributed by atoms with van der Waals surface area (Å²) in [5.41, 5.74) is 1.09. The van der Waals surface area contributed by atoms with Crippen LogP contribution in [0, 0.1) is 0 Å². The number of benzene rings is 1. The summed E-state index contributed by atoms with van der Waals surface area (Å²) < 4.78 is 16.6. The summed E-state index contributed by atoms with van der Waals surface area (Å²) in [6.07, 6.45) is 0.735. The van der Waals surface area contributed by atoms with Gasteiger partial charge >= 0.3 is 11.6 Å². The first-order valence-corrected chi connectivity index (χ1v) is 7.08. The zero-order chi connectivity index (χ0) is 15.9. The number of carbonyl (C=O) groups is 1. The SMILES string of the molecule is C/C=C(/C)C(=O)O[C@@H]1c2c(ccc3ccc(=O)oc23)OC1C. The fourth-order valence-electron chi connectivity index (χ4n) is 2.49. The molecule has 3 rings (SSSR count). The topological polar surface area (TPSA) is 65.7 Å². The molecule has 2 heterocycles. The summed E-state index contributed by atoms with van der Waals surface area (Å²) in [5, 5.41) is 0.764. The largest absolute Gasteiger partial charge is 0.486 e. The Bertz CT molecular complexity index is 831. The van der Waals surface area contributed by atoms with E-state index >= 15 is 0 Å². The lowest BCUT2D eigenvalue weighted by Crippen LogP contribution is -2.21. The Kier molecular flexibility index (Phi) is 3.48. The highest BCUT2D eigenvalue weighted by atomic mass is 16.6. The van der Waals surface area contributed by atoms with Crippen LogP contribution in [0.1, 0.15) is 32.4 Å². The molecule has 0 bridgehead atoms. The molecule has 0 saturated carbocycles. The van der Waals surface area contributed by atoms with Crippen molar-refractivity contribution in [3.8, 4) is 5.75 Å². The highest BCUT2D eigenvalue weighted by molar-refractivity contribution is 5.89. The Hall–Kier alpha value is -2.56. The van der Waals surface area contributed by atoms with Crippen molar-refractivity contribution in [3.63, 3.8) is 0 Å². The second-order valence-corrected chi connectivity index (χ2v) is 5.27. The van der Waals surface area contributed by atoms with Gasteiger partial charge in [0, 0.05) is 17.0 Å². The van der Waals surface area contributed by atoms with Gasteiger partial charge in [0.15, 0.2) is 6.10 Å². The molecule has 0 spiro atoms. The van der Waals surface area contributed by atoms with E-state index in [1.54, 1.807) is 32.1 Å². The molecule has 5 heteroatoms. The third kappa shape index (κ3) is 2.28. The van der Waals surface area contributed by atoms with Crippen molar-refractivity contribution in [2.75, 3.05) is 0 Å². The van der Waals surface area contributed by atoms with E-state index in [0.717, 1.165) is 5.39 Å². The monoisotopic (exact) mass is 300 g/mol. The van der Waals surface area contributed by atoms with Gasteiger partial charge in [0.25, 0.3) is 0 Å². The molecule has 22 heavy (non-hydrogen) atoms. The van der Waals surface area contributed by atoms with Gasteiger partial charge in [-0.1, -0.05) is 6.08 Å². The molecule has 2 atom stereocenters. The second kappa shape index (κ2) is 5.33. The number of ether oxygens (including phenoxy) is 2. The minimum Gasteiger partial charge on any atom is -0.486 e. The van der Waals surface area contributed by atoms with Crippen molar-refractivity contribution in [3.05, 3.63) is 51.9 Å². The van der Waals surface area contributed by atoms with Crippen LogP contribution in [0.5, 0.6) is 5.75 Å². The van der Waals surface area contributed by atoms with Crippen molar-refractivity contribution in [1.82, 2.24) is 0 Å². The highest BCUT2D eigenvalue weighted by Gasteiger charge is 2.37. The van der Waals surface area contributed by atoms with Crippen molar-refractivity contribution >= 4 is 16.9 Å². The normalized spacial score (nSPS) is 20.6. The van der Waals surface area contributed by atoms with Crippen LogP contribution in [0.25, 0.3) is 11.0 Å². The van der Waals surface area contributed by atoms with Gasteiger partial charge in [0.05, 0.1) is 5.56 Å². The van der Waals surface area contributed by atoms with Gasteiger partial charge in [0.2, 0.25) is 0 Å². The van der Waals surface area contributed by atoms with Crippen LogP contribution >= 0.6 is 0 Å². The Morgan fingerprint density at radius 3 is 2.73 bits per heavy atom. The van der Waals surface area contributed by atoms with E-state index < -0.39 is 17.7 Å². The minimum absolute atomic E-state index is 0.347. The second-order valence-electron chi connectivity index (χ2n) is 5.27. The molecule has 0 amide bonds. The highest BCUT2D eigenvalue weighted by Crippen LogP contribution is 2.43. The Morgan fingerprint density at radius 2 is 2.00 bits per heavy atom. The number of fused-ring (bicyclic) bond motifs is 3. The minimum atomic E-state index is -0.605. The maximum atomic E-state index is 12.1. The van der Waals surface area contributed by atoms with Crippen LogP contribution in [-0.4, -0.2) is 12.1 Å². The lowest BCUT2D eigenvalue weighted by atomic mass is 10.0. The quantitative estimate of drug-likeness (QED) is 0.484. The summed E-state index contributed by atoms with van der Waals surface area (Å²) in [6.45, 7) is 5.27. The number of hydrogen-bond acceptors (Lipinski definition) is 5. The van der Waals surface area contributed by atoms with Crippen molar-refractivity contribution in [2.45, 2.75) is 33.0 Å². The van der Waals surface area contributed by atoms with E-state index in [1.807, 2.05) is 13.0 Å². The predicted molar refractivity (Wildman–Crippen MR) is 80.8 cm³/mol. The summed E-state index contributed by atoms with van der Waals surface area (Å²) in [6, 6.07) is 6.65. The molecule has 1 unspecified atom stereocenters. The molecular formula is C17H16O5. The van der Waals surface area contributed by atoms with Crippen LogP contribution < -0.4 is 10.4 Å². The van der Waals surface area contributed by atoms with Gasteiger partial charge in [0.1, 0.15) is 17.4 Å². The molecule has 1 aliphatic heterocycles. The summed E-state index contributed by atoms with van der Waals surface area (Å²) in [5.74, 6) is 0.163. The van der Waals surface area contributed by atoms with E-state index in [0.29, 0.717) is 22.5 Å². The first-order chi connectivity index (χ1) is 10.5. The molecular weight excluding hydrogens is 284 g/mol. The molecule has 2 aromatic rings. The third-order valence-corrected chi connectivity index (χ3v) is 3.80. The fourth-order valence-corrected chi connectivity index (χ4v) is 2.49. The number of carbonyl (C=O) groups excluding carboxylic acids is 1. The van der Waals surface area contributed by atoms with Crippen molar-refractivity contribution < 1.29 is 18.7 Å². The standard InChI is InChI=1S/C17H16O5/c1-4-9(2)17(19)22-15-10(3)20-12-7-5-11-6-8-13(18)21-16(11)14(12)15/h4-8,10,15H,1-3H3/b9-4-/t10?,15-/m0/s1. The first kappa shape index (κ1) is 14.4. The fraction of sp³-hybridized carbons (Fsp3) is 0.294. The van der Waals surface area contributed by atoms with Gasteiger partial charge in [-0.2, -0.15) is 0 Å². The lowest BCUT2D eigenvalue weighted by molar-refractivity contribution is -0.147. The van der Waals surface area contributed by atoms with E-state index in [9.17, 15) is 9.59 Å². The Morgan fingerprint density at radius 1 is 1.27 bits per heavy atom. The number of esters is 1. The van der Waals surface area contributed by atoms with E-state index in [4.69, 9.17) is 13.9 Å². The zero-order valence-electron chi connectivity index (χ0n) is 12.6. The molecule has 0 radical (unpaired) electrons. The van der Waals surface area contributed by atoms with Gasteiger partial charge in [-0.15, -0.1) is 0 Å².